The van der Waals surface area contributed by atoms with E-state index in [4.69, 9.17) is 9.84 Å². The maximum Gasteiger partial charge on any atom is 0.355 e. The van der Waals surface area contributed by atoms with E-state index in [1.807, 2.05) is 25.3 Å². The zero-order valence-corrected chi connectivity index (χ0v) is 11.9. The van der Waals surface area contributed by atoms with Gasteiger partial charge in [-0.2, -0.15) is 0 Å². The first-order valence-electron chi connectivity index (χ1n) is 6.51. The molecule has 1 aromatic heterocycles. The van der Waals surface area contributed by atoms with Gasteiger partial charge in [0.05, 0.1) is 6.61 Å². The van der Waals surface area contributed by atoms with Crippen molar-refractivity contribution >= 4 is 11.9 Å². The third-order valence-corrected chi connectivity index (χ3v) is 3.29. The highest BCUT2D eigenvalue weighted by Gasteiger charge is 2.22. The van der Waals surface area contributed by atoms with Gasteiger partial charge in [-0.3, -0.25) is 4.79 Å². The van der Waals surface area contributed by atoms with E-state index in [1.54, 1.807) is 6.92 Å². The molecule has 1 aromatic rings. The van der Waals surface area contributed by atoms with E-state index in [0.29, 0.717) is 25.3 Å². The number of aliphatic carboxylic acids is 1. The van der Waals surface area contributed by atoms with Gasteiger partial charge in [-0.1, -0.05) is 0 Å². The summed E-state index contributed by atoms with van der Waals surface area (Å²) in [6.07, 6.45) is 0.504. The predicted octanol–water partition coefficient (Wildman–Crippen LogP) is 2.32. The Morgan fingerprint density at radius 3 is 2.37 bits per heavy atom. The first-order valence-corrected chi connectivity index (χ1v) is 6.51. The molecule has 106 valence electrons. The lowest BCUT2D eigenvalue weighted by Gasteiger charge is -2.08. The van der Waals surface area contributed by atoms with Crippen LogP contribution in [0.5, 0.6) is 0 Å². The van der Waals surface area contributed by atoms with E-state index in [9.17, 15) is 9.59 Å². The molecule has 0 aromatic carbocycles. The van der Waals surface area contributed by atoms with Crippen molar-refractivity contribution in [3.8, 4) is 0 Å². The summed E-state index contributed by atoms with van der Waals surface area (Å²) in [5, 5.41) is 8.78. The second-order valence-corrected chi connectivity index (χ2v) is 4.40. The summed E-state index contributed by atoms with van der Waals surface area (Å²) in [6.45, 7) is 8.48. The van der Waals surface area contributed by atoms with Crippen LogP contribution in [0.1, 0.15) is 47.6 Å². The van der Waals surface area contributed by atoms with E-state index < -0.39 is 5.97 Å². The Bertz CT molecular complexity index is 488. The molecule has 5 heteroatoms. The zero-order valence-electron chi connectivity index (χ0n) is 11.9. The smallest absolute Gasteiger partial charge is 0.355 e. The van der Waals surface area contributed by atoms with Gasteiger partial charge >= 0.3 is 11.9 Å². The Kier molecular flexibility index (Phi) is 5.15. The number of ether oxygens (including phenoxy) is 1. The molecule has 1 N–H and O–H groups in total. The van der Waals surface area contributed by atoms with Crippen LogP contribution in [0.15, 0.2) is 0 Å². The second-order valence-electron chi connectivity index (χ2n) is 4.40. The molecule has 19 heavy (non-hydrogen) atoms. The SMILES string of the molecule is CCOC(=O)c1c(C)c(CCC(=O)O)c(C)n1CC. The molecule has 0 spiro atoms. The minimum Gasteiger partial charge on any atom is -0.481 e. The number of hydrogen-bond acceptors (Lipinski definition) is 3. The highest BCUT2D eigenvalue weighted by molar-refractivity contribution is 5.90. The molecule has 0 aliphatic heterocycles. The number of aromatic nitrogens is 1. The van der Waals surface area contributed by atoms with Crippen molar-refractivity contribution in [2.75, 3.05) is 6.61 Å². The van der Waals surface area contributed by atoms with Crippen LogP contribution in [-0.2, 0) is 22.5 Å². The number of rotatable bonds is 6. The van der Waals surface area contributed by atoms with E-state index >= 15 is 0 Å². The molecule has 0 atom stereocenters. The molecular weight excluding hydrogens is 246 g/mol. The number of hydrogen-bond donors (Lipinski definition) is 1. The fourth-order valence-corrected chi connectivity index (χ4v) is 2.41. The Hall–Kier alpha value is -1.78. The fourth-order valence-electron chi connectivity index (χ4n) is 2.41. The Morgan fingerprint density at radius 2 is 1.89 bits per heavy atom. The van der Waals surface area contributed by atoms with Gasteiger partial charge in [-0.05, 0) is 45.2 Å². The summed E-state index contributed by atoms with van der Waals surface area (Å²) in [7, 11) is 0. The van der Waals surface area contributed by atoms with Gasteiger partial charge in [-0.15, -0.1) is 0 Å². The molecule has 0 aliphatic carbocycles. The van der Waals surface area contributed by atoms with Gasteiger partial charge in [-0.25, -0.2) is 4.79 Å². The molecule has 0 amide bonds. The van der Waals surface area contributed by atoms with Crippen LogP contribution >= 0.6 is 0 Å². The Labute approximate surface area is 113 Å². The van der Waals surface area contributed by atoms with Crippen LogP contribution in [0.25, 0.3) is 0 Å². The third kappa shape index (κ3) is 3.16. The quantitative estimate of drug-likeness (QED) is 0.803. The number of esters is 1. The van der Waals surface area contributed by atoms with Crippen molar-refractivity contribution in [2.24, 2.45) is 0 Å². The molecule has 0 saturated heterocycles. The van der Waals surface area contributed by atoms with Crippen LogP contribution in [0, 0.1) is 13.8 Å². The maximum absolute atomic E-state index is 12.0. The molecule has 0 bridgehead atoms. The summed E-state index contributed by atoms with van der Waals surface area (Å²) < 4.78 is 6.96. The molecule has 0 aliphatic rings. The van der Waals surface area contributed by atoms with E-state index in [0.717, 1.165) is 16.8 Å². The number of nitrogens with zero attached hydrogens (tertiary/aromatic N) is 1. The van der Waals surface area contributed by atoms with Crippen molar-refractivity contribution in [1.29, 1.82) is 0 Å². The van der Waals surface area contributed by atoms with Crippen LogP contribution in [0.4, 0.5) is 0 Å². The molecule has 0 radical (unpaired) electrons. The summed E-state index contributed by atoms with van der Waals surface area (Å²) in [6, 6.07) is 0. The number of carbonyl (C=O) groups excluding carboxylic acids is 1. The van der Waals surface area contributed by atoms with Gasteiger partial charge in [0.2, 0.25) is 0 Å². The number of carbonyl (C=O) groups is 2. The maximum atomic E-state index is 12.0. The topological polar surface area (TPSA) is 68.5 Å². The van der Waals surface area contributed by atoms with Crippen molar-refractivity contribution in [3.63, 3.8) is 0 Å². The van der Waals surface area contributed by atoms with Crippen LogP contribution in [-0.4, -0.2) is 28.2 Å². The summed E-state index contributed by atoms with van der Waals surface area (Å²) in [5.41, 5.74) is 3.26. The highest BCUT2D eigenvalue weighted by Crippen LogP contribution is 2.24. The first kappa shape index (κ1) is 15.3. The van der Waals surface area contributed by atoms with Gasteiger partial charge in [0.1, 0.15) is 5.69 Å². The normalized spacial score (nSPS) is 10.5. The lowest BCUT2D eigenvalue weighted by molar-refractivity contribution is -0.136. The molecule has 0 fully saturated rings. The summed E-state index contributed by atoms with van der Waals surface area (Å²) in [4.78, 5) is 22.7. The molecular formula is C14H21NO4. The monoisotopic (exact) mass is 267 g/mol. The average molecular weight is 267 g/mol. The summed E-state index contributed by atoms with van der Waals surface area (Å²) in [5.74, 6) is -1.17. The molecule has 1 rings (SSSR count). The van der Waals surface area contributed by atoms with E-state index in [1.165, 1.54) is 0 Å². The van der Waals surface area contributed by atoms with Gasteiger partial charge in [0.15, 0.2) is 0 Å². The summed E-state index contributed by atoms with van der Waals surface area (Å²) >= 11 is 0. The average Bonchev–Trinajstić information content (AvgIpc) is 2.58. The van der Waals surface area contributed by atoms with E-state index in [2.05, 4.69) is 0 Å². The third-order valence-electron chi connectivity index (χ3n) is 3.29. The van der Waals surface area contributed by atoms with Gasteiger partial charge in [0.25, 0.3) is 0 Å². The van der Waals surface area contributed by atoms with Gasteiger partial charge < -0.3 is 14.4 Å². The molecule has 0 saturated carbocycles. The van der Waals surface area contributed by atoms with Crippen molar-refractivity contribution in [2.45, 2.75) is 47.1 Å². The van der Waals surface area contributed by atoms with Crippen molar-refractivity contribution in [1.82, 2.24) is 4.57 Å². The minimum atomic E-state index is -0.833. The fraction of sp³-hybridized carbons (Fsp3) is 0.571. The predicted molar refractivity (Wildman–Crippen MR) is 71.5 cm³/mol. The standard InChI is InChI=1S/C14H21NO4/c1-5-15-10(4)11(7-8-12(16)17)9(3)13(15)14(18)19-6-2/h5-8H2,1-4H3,(H,16,17). The number of carboxylic acids is 1. The lowest BCUT2D eigenvalue weighted by atomic mass is 10.1. The molecule has 1 heterocycles. The van der Waals surface area contributed by atoms with Crippen molar-refractivity contribution in [3.05, 3.63) is 22.5 Å². The van der Waals surface area contributed by atoms with Crippen LogP contribution < -0.4 is 0 Å². The first-order chi connectivity index (χ1) is 8.93. The Balaban J connectivity index is 3.20. The largest absolute Gasteiger partial charge is 0.481 e. The lowest BCUT2D eigenvalue weighted by Crippen LogP contribution is -2.13. The van der Waals surface area contributed by atoms with Crippen molar-refractivity contribution < 1.29 is 19.4 Å². The van der Waals surface area contributed by atoms with Crippen LogP contribution in [0.3, 0.4) is 0 Å². The van der Waals surface area contributed by atoms with E-state index in [-0.39, 0.29) is 12.4 Å². The minimum absolute atomic E-state index is 0.0671. The molecule has 5 nitrogen and oxygen atoms in total. The second kappa shape index (κ2) is 6.41. The number of carboxylic acid groups (broad SMARTS) is 1. The van der Waals surface area contributed by atoms with Crippen LogP contribution in [0.2, 0.25) is 0 Å². The highest BCUT2D eigenvalue weighted by atomic mass is 16.5. The zero-order chi connectivity index (χ0) is 14.6. The van der Waals surface area contributed by atoms with Gasteiger partial charge in [0, 0.05) is 18.7 Å². The Morgan fingerprint density at radius 1 is 1.26 bits per heavy atom. The molecule has 0 unspecified atom stereocenters.